The number of phosphoric acid groups is 1. The van der Waals surface area contributed by atoms with Crippen LogP contribution in [0.25, 0.3) is 0 Å². The molecule has 3 unspecified atom stereocenters. The Balaban J connectivity index is 4.57. The first-order valence-corrected chi connectivity index (χ1v) is 21.6. The molecule has 3 atom stereocenters. The predicted octanol–water partition coefficient (Wildman–Crippen LogP) is 10.8. The molecule has 0 aromatic carbocycles. The molecule has 0 aromatic heterocycles. The number of aliphatic hydroxyl groups is 1. The molecule has 0 saturated carbocycles. The Kier molecular flexibility index (Phi) is 33.4. The molecular formula is C44H76N2O6P+. The number of phosphoric ester groups is 1. The first-order valence-electron chi connectivity index (χ1n) is 20.1. The largest absolute Gasteiger partial charge is 0.472 e. The highest BCUT2D eigenvalue weighted by Crippen LogP contribution is 2.43. The van der Waals surface area contributed by atoms with Crippen LogP contribution in [0.3, 0.4) is 0 Å². The van der Waals surface area contributed by atoms with Crippen molar-refractivity contribution < 1.29 is 32.9 Å². The van der Waals surface area contributed by atoms with Crippen LogP contribution in [0.15, 0.2) is 97.2 Å². The van der Waals surface area contributed by atoms with Crippen molar-refractivity contribution in [3.63, 3.8) is 0 Å². The van der Waals surface area contributed by atoms with Crippen molar-refractivity contribution in [1.82, 2.24) is 5.32 Å². The lowest BCUT2D eigenvalue weighted by Crippen LogP contribution is -2.45. The van der Waals surface area contributed by atoms with Gasteiger partial charge in [0.15, 0.2) is 0 Å². The average molecular weight is 760 g/mol. The number of rotatable bonds is 34. The Bertz CT molecular complexity index is 1180. The third-order valence-corrected chi connectivity index (χ3v) is 9.02. The second kappa shape index (κ2) is 35.1. The Labute approximate surface area is 324 Å². The van der Waals surface area contributed by atoms with Crippen LogP contribution in [0.1, 0.15) is 123 Å². The molecule has 3 N–H and O–H groups in total. The number of likely N-dealkylation sites (N-methyl/N-ethyl adjacent to an activating group) is 1. The van der Waals surface area contributed by atoms with E-state index in [0.29, 0.717) is 17.4 Å². The summed E-state index contributed by atoms with van der Waals surface area (Å²) in [5.74, 6) is -0.237. The minimum Gasteiger partial charge on any atom is -0.387 e. The van der Waals surface area contributed by atoms with E-state index in [1.807, 2.05) is 27.2 Å². The van der Waals surface area contributed by atoms with Crippen molar-refractivity contribution in [3.8, 4) is 0 Å². The minimum absolute atomic E-state index is 0.0413. The molecule has 0 spiro atoms. The highest BCUT2D eigenvalue weighted by molar-refractivity contribution is 7.47. The van der Waals surface area contributed by atoms with E-state index < -0.39 is 20.0 Å². The molecule has 9 heteroatoms. The molecule has 0 saturated heterocycles. The highest BCUT2D eigenvalue weighted by Gasteiger charge is 2.27. The molecule has 0 bridgehead atoms. The third-order valence-electron chi connectivity index (χ3n) is 8.04. The number of hydrogen-bond donors (Lipinski definition) is 3. The van der Waals surface area contributed by atoms with Crippen molar-refractivity contribution in [2.45, 2.75) is 135 Å². The number of allylic oxidation sites excluding steroid dienone is 15. The van der Waals surface area contributed by atoms with Crippen molar-refractivity contribution in [1.29, 1.82) is 0 Å². The number of quaternary nitrogens is 1. The van der Waals surface area contributed by atoms with E-state index in [2.05, 4.69) is 104 Å². The number of carbonyl (C=O) groups is 1. The minimum atomic E-state index is -4.36. The van der Waals surface area contributed by atoms with E-state index in [4.69, 9.17) is 9.05 Å². The van der Waals surface area contributed by atoms with Gasteiger partial charge < -0.3 is 19.8 Å². The fourth-order valence-electron chi connectivity index (χ4n) is 4.82. The second-order valence-corrected chi connectivity index (χ2v) is 15.7. The lowest BCUT2D eigenvalue weighted by molar-refractivity contribution is -0.870. The average Bonchev–Trinajstić information content (AvgIpc) is 3.10. The van der Waals surface area contributed by atoms with Crippen molar-refractivity contribution >= 4 is 13.7 Å². The maximum absolute atomic E-state index is 12.8. The molecule has 0 aromatic rings. The summed E-state index contributed by atoms with van der Waals surface area (Å²) in [6.45, 7) is 4.56. The van der Waals surface area contributed by atoms with Crippen LogP contribution in [-0.4, -0.2) is 73.4 Å². The summed E-state index contributed by atoms with van der Waals surface area (Å²) in [6, 6.07) is -0.890. The van der Waals surface area contributed by atoms with Gasteiger partial charge in [0.2, 0.25) is 5.91 Å². The fraction of sp³-hybridized carbons (Fsp3) is 0.614. The first kappa shape index (κ1) is 50.4. The van der Waals surface area contributed by atoms with Crippen LogP contribution in [0.2, 0.25) is 0 Å². The van der Waals surface area contributed by atoms with Gasteiger partial charge in [-0.25, -0.2) is 4.57 Å². The summed E-state index contributed by atoms with van der Waals surface area (Å²) in [7, 11) is 1.50. The Morgan fingerprint density at radius 3 is 1.70 bits per heavy atom. The van der Waals surface area contributed by atoms with Gasteiger partial charge >= 0.3 is 7.82 Å². The SMILES string of the molecule is CC/C=C\C/C=C\C/C=C\C/C=C\C/C=C\C/C=C\CCCCC(=O)NC(COP(=O)(O)OCC[N+](C)(C)C)C(O)/C=C/CC/C=C/CCCCCC. The normalized spacial score (nSPS) is 15.5. The molecule has 0 fully saturated rings. The zero-order chi connectivity index (χ0) is 39.3. The first-order chi connectivity index (χ1) is 25.5. The molecule has 0 aliphatic carbocycles. The lowest BCUT2D eigenvalue weighted by Gasteiger charge is -2.25. The number of unbranched alkanes of at least 4 members (excludes halogenated alkanes) is 7. The smallest absolute Gasteiger partial charge is 0.387 e. The van der Waals surface area contributed by atoms with E-state index in [0.717, 1.165) is 70.6 Å². The second-order valence-electron chi connectivity index (χ2n) is 14.3. The topological polar surface area (TPSA) is 105 Å². The molecule has 0 heterocycles. The Morgan fingerprint density at radius 2 is 1.15 bits per heavy atom. The predicted molar refractivity (Wildman–Crippen MR) is 226 cm³/mol. The third kappa shape index (κ3) is 37.5. The highest BCUT2D eigenvalue weighted by atomic mass is 31.2. The van der Waals surface area contributed by atoms with Gasteiger partial charge in [-0.2, -0.15) is 0 Å². The van der Waals surface area contributed by atoms with Gasteiger partial charge in [-0.3, -0.25) is 13.8 Å². The van der Waals surface area contributed by atoms with Crippen LogP contribution in [-0.2, 0) is 18.4 Å². The Hall–Kier alpha value is -2.58. The number of nitrogens with one attached hydrogen (secondary N) is 1. The number of hydrogen-bond acceptors (Lipinski definition) is 5. The van der Waals surface area contributed by atoms with Crippen molar-refractivity contribution in [3.05, 3.63) is 97.2 Å². The van der Waals surface area contributed by atoms with Gasteiger partial charge in [0.25, 0.3) is 0 Å². The molecule has 0 rings (SSSR count). The van der Waals surface area contributed by atoms with Gasteiger partial charge in [0.1, 0.15) is 13.2 Å². The number of amides is 1. The van der Waals surface area contributed by atoms with Crippen molar-refractivity contribution in [2.75, 3.05) is 40.9 Å². The number of carbonyl (C=O) groups excluding carboxylic acids is 1. The van der Waals surface area contributed by atoms with E-state index in [1.165, 1.54) is 25.7 Å². The van der Waals surface area contributed by atoms with Crippen LogP contribution in [0.5, 0.6) is 0 Å². The van der Waals surface area contributed by atoms with Gasteiger partial charge in [0.05, 0.1) is 39.9 Å². The van der Waals surface area contributed by atoms with Crippen molar-refractivity contribution in [2.24, 2.45) is 0 Å². The van der Waals surface area contributed by atoms with Gasteiger partial charge in [0, 0.05) is 6.42 Å². The number of aliphatic hydroxyl groups excluding tert-OH is 1. The summed E-state index contributed by atoms with van der Waals surface area (Å²) in [6.07, 6.45) is 49.2. The zero-order valence-corrected chi connectivity index (χ0v) is 34.9. The number of nitrogens with zero attached hydrogens (tertiary/aromatic N) is 1. The molecule has 0 aliphatic heterocycles. The van der Waals surface area contributed by atoms with E-state index in [1.54, 1.807) is 6.08 Å². The van der Waals surface area contributed by atoms with Crippen LogP contribution >= 0.6 is 7.82 Å². The van der Waals surface area contributed by atoms with Crippen LogP contribution in [0.4, 0.5) is 0 Å². The van der Waals surface area contributed by atoms with E-state index in [9.17, 15) is 19.4 Å². The molecule has 8 nitrogen and oxygen atoms in total. The summed E-state index contributed by atoms with van der Waals surface area (Å²) in [5, 5.41) is 13.7. The molecular weight excluding hydrogens is 683 g/mol. The quantitative estimate of drug-likeness (QED) is 0.0261. The van der Waals surface area contributed by atoms with Gasteiger partial charge in [-0.1, -0.05) is 130 Å². The monoisotopic (exact) mass is 760 g/mol. The summed E-state index contributed by atoms with van der Waals surface area (Å²) in [5.41, 5.74) is 0. The van der Waals surface area contributed by atoms with Crippen LogP contribution < -0.4 is 5.32 Å². The maximum atomic E-state index is 12.8. The summed E-state index contributed by atoms with van der Waals surface area (Å²) >= 11 is 0. The summed E-state index contributed by atoms with van der Waals surface area (Å²) < 4.78 is 23.4. The van der Waals surface area contributed by atoms with Crippen LogP contribution in [0, 0.1) is 0 Å². The van der Waals surface area contributed by atoms with E-state index in [-0.39, 0.29) is 25.5 Å². The maximum Gasteiger partial charge on any atom is 0.472 e. The standard InChI is InChI=1S/C44H75N2O6P/c1-6-8-10-12-14-16-18-19-20-21-22-23-24-25-26-27-28-30-32-34-36-38-44(48)45-42(41-52-53(49,50)51-40-39-46(3,4)5)43(47)37-35-33-31-29-17-15-13-11-9-7-2/h8,10,14,16-17,19-20,22-23,25-26,28-30,35,37,42-43,47H,6-7,9,11-13,15,18,21,24,27,31-34,36,38-41H2,1-5H3,(H-,45,48,49,50)/p+1/b10-8-,16-14-,20-19-,23-22-,26-25-,29-17+,30-28-,37-35+. The van der Waals surface area contributed by atoms with E-state index >= 15 is 0 Å². The van der Waals surface area contributed by atoms with Gasteiger partial charge in [-0.05, 0) is 83.5 Å². The molecule has 53 heavy (non-hydrogen) atoms. The fourth-order valence-corrected chi connectivity index (χ4v) is 5.56. The molecule has 1 amide bonds. The summed E-state index contributed by atoms with van der Waals surface area (Å²) in [4.78, 5) is 23.0. The van der Waals surface area contributed by atoms with Gasteiger partial charge in [-0.15, -0.1) is 0 Å². The lowest BCUT2D eigenvalue weighted by atomic mass is 10.1. The molecule has 302 valence electrons. The molecule has 0 radical (unpaired) electrons. The Morgan fingerprint density at radius 1 is 0.660 bits per heavy atom. The zero-order valence-electron chi connectivity index (χ0n) is 34.0. The molecule has 0 aliphatic rings.